The lowest BCUT2D eigenvalue weighted by molar-refractivity contribution is -0.137. The van der Waals surface area contributed by atoms with E-state index in [-0.39, 0.29) is 12.5 Å². The van der Waals surface area contributed by atoms with Crippen LogP contribution in [0.4, 0.5) is 30.6 Å². The van der Waals surface area contributed by atoms with Gasteiger partial charge in [-0.05, 0) is 36.2 Å². The zero-order valence-electron chi connectivity index (χ0n) is 17.4. The number of anilines is 3. The van der Waals surface area contributed by atoms with Crippen LogP contribution in [0.15, 0.2) is 59.6 Å². The van der Waals surface area contributed by atoms with E-state index in [1.165, 1.54) is 6.20 Å². The highest BCUT2D eigenvalue weighted by atomic mass is 32.2. The second kappa shape index (κ2) is 7.87. The minimum Gasteiger partial charge on any atom is -0.368 e. The molecule has 2 aromatic heterocycles. The fraction of sp³-hybridized carbons (Fsp3) is 0.190. The summed E-state index contributed by atoms with van der Waals surface area (Å²) in [5, 5.41) is 10.4. The number of hydrogen-bond donors (Lipinski definition) is 3. The summed E-state index contributed by atoms with van der Waals surface area (Å²) < 4.78 is 67.8. The number of nitrogens with zero attached hydrogens (tertiary/aromatic N) is 4. The van der Waals surface area contributed by atoms with E-state index in [4.69, 9.17) is 5.73 Å². The molecule has 4 aromatic rings. The Kier molecular flexibility index (Phi) is 5.08. The van der Waals surface area contributed by atoms with Gasteiger partial charge in [-0.2, -0.15) is 28.2 Å². The Morgan fingerprint density at radius 1 is 1.12 bits per heavy atom. The maximum absolute atomic E-state index is 13.5. The number of H-pyrrole nitrogens is 1. The maximum atomic E-state index is 13.5. The van der Waals surface area contributed by atoms with Crippen molar-refractivity contribution in [1.82, 2.24) is 20.2 Å². The summed E-state index contributed by atoms with van der Waals surface area (Å²) in [6, 6.07) is 10.1. The highest BCUT2D eigenvalue weighted by molar-refractivity contribution is 7.92. The Morgan fingerprint density at radius 3 is 2.71 bits per heavy atom. The van der Waals surface area contributed by atoms with Gasteiger partial charge in [0.1, 0.15) is 5.82 Å². The number of sulfonamides is 1. The number of fused-ring (bicyclic) bond motifs is 2. The zero-order valence-corrected chi connectivity index (χ0v) is 18.2. The SMILES string of the molecule is Nc1nc(NC2Cc3ccccc3N(S(=O)(=O)c3cccc(C(F)(F)F)c3)C2)c2cn[nH]c2n1. The van der Waals surface area contributed by atoms with E-state index in [0.29, 0.717) is 40.6 Å². The molecular weight excluding hydrogens is 471 g/mol. The number of nitrogens with one attached hydrogen (secondary N) is 2. The number of hydrogen-bond acceptors (Lipinski definition) is 7. The number of para-hydroxylation sites is 1. The Morgan fingerprint density at radius 2 is 1.91 bits per heavy atom. The van der Waals surface area contributed by atoms with E-state index in [1.807, 2.05) is 0 Å². The number of nitrogen functional groups attached to an aromatic ring is 1. The van der Waals surface area contributed by atoms with Crippen LogP contribution in [0.1, 0.15) is 11.1 Å². The molecule has 9 nitrogen and oxygen atoms in total. The summed E-state index contributed by atoms with van der Waals surface area (Å²) in [5.41, 5.74) is 6.29. The van der Waals surface area contributed by atoms with Gasteiger partial charge in [0.05, 0.1) is 40.3 Å². The third kappa shape index (κ3) is 3.87. The number of halogens is 3. The quantitative estimate of drug-likeness (QED) is 0.401. The molecule has 0 spiro atoms. The lowest BCUT2D eigenvalue weighted by atomic mass is 9.99. The fourth-order valence-corrected chi connectivity index (χ4v) is 5.59. The average molecular weight is 489 g/mol. The highest BCUT2D eigenvalue weighted by Crippen LogP contribution is 2.35. The van der Waals surface area contributed by atoms with Gasteiger partial charge in [0.25, 0.3) is 10.0 Å². The molecule has 2 aromatic carbocycles. The zero-order chi connectivity index (χ0) is 24.1. The van der Waals surface area contributed by atoms with Crippen molar-refractivity contribution in [2.45, 2.75) is 23.5 Å². The van der Waals surface area contributed by atoms with Crippen molar-refractivity contribution in [2.75, 3.05) is 21.9 Å². The van der Waals surface area contributed by atoms with Gasteiger partial charge in [0.2, 0.25) is 5.95 Å². The molecule has 4 N–H and O–H groups in total. The molecule has 1 atom stereocenters. The van der Waals surface area contributed by atoms with Crippen LogP contribution in [-0.4, -0.2) is 41.2 Å². The standard InChI is InChI=1S/C21H18F3N7O2S/c22-21(23,24)13-5-3-6-15(9-13)34(32,33)31-11-14(8-12-4-1-2-7-17(12)31)27-18-16-10-26-30-19(16)29-20(25)28-18/h1-7,9-10,14H,8,11H2,(H4,25,26,27,28,29,30). The first-order chi connectivity index (χ1) is 16.1. The average Bonchev–Trinajstić information content (AvgIpc) is 3.27. The smallest absolute Gasteiger partial charge is 0.368 e. The second-order valence-electron chi connectivity index (χ2n) is 7.80. The third-order valence-electron chi connectivity index (χ3n) is 5.53. The molecular formula is C21H18F3N7O2S. The van der Waals surface area contributed by atoms with Gasteiger partial charge in [0.15, 0.2) is 5.65 Å². The fourth-order valence-electron chi connectivity index (χ4n) is 4.00. The van der Waals surface area contributed by atoms with Crippen molar-refractivity contribution >= 4 is 38.5 Å². The monoisotopic (exact) mass is 489 g/mol. The van der Waals surface area contributed by atoms with E-state index in [9.17, 15) is 21.6 Å². The lowest BCUT2D eigenvalue weighted by Crippen LogP contribution is -2.45. The molecule has 0 aliphatic carbocycles. The first-order valence-corrected chi connectivity index (χ1v) is 11.6. The van der Waals surface area contributed by atoms with Crippen LogP contribution >= 0.6 is 0 Å². The van der Waals surface area contributed by atoms with Crippen molar-refractivity contribution < 1.29 is 21.6 Å². The highest BCUT2D eigenvalue weighted by Gasteiger charge is 2.36. The van der Waals surface area contributed by atoms with Crippen LogP contribution < -0.4 is 15.4 Å². The Balaban J connectivity index is 1.54. The van der Waals surface area contributed by atoms with E-state index < -0.39 is 32.7 Å². The first kappa shape index (κ1) is 21.9. The Hall–Kier alpha value is -3.87. The summed E-state index contributed by atoms with van der Waals surface area (Å²) in [6.45, 7) is -0.0428. The van der Waals surface area contributed by atoms with Gasteiger partial charge < -0.3 is 11.1 Å². The molecule has 0 amide bonds. The van der Waals surface area contributed by atoms with Gasteiger partial charge in [-0.15, -0.1) is 0 Å². The molecule has 176 valence electrons. The summed E-state index contributed by atoms with van der Waals surface area (Å²) in [4.78, 5) is 7.82. The van der Waals surface area contributed by atoms with Gasteiger partial charge in [-0.25, -0.2) is 8.42 Å². The molecule has 0 saturated heterocycles. The number of nitrogens with two attached hydrogens (primary N) is 1. The summed E-state index contributed by atoms with van der Waals surface area (Å²) in [5.74, 6) is 0.376. The molecule has 1 unspecified atom stereocenters. The van der Waals surface area contributed by atoms with Gasteiger partial charge >= 0.3 is 6.18 Å². The van der Waals surface area contributed by atoms with E-state index >= 15 is 0 Å². The van der Waals surface area contributed by atoms with Crippen LogP contribution in [0.25, 0.3) is 11.0 Å². The van der Waals surface area contributed by atoms with Crippen molar-refractivity contribution in [1.29, 1.82) is 0 Å². The molecule has 13 heteroatoms. The van der Waals surface area contributed by atoms with Crippen LogP contribution in [0.2, 0.25) is 0 Å². The van der Waals surface area contributed by atoms with Crippen molar-refractivity contribution in [2.24, 2.45) is 0 Å². The minimum absolute atomic E-state index is 0.00361. The van der Waals surface area contributed by atoms with Gasteiger partial charge in [0, 0.05) is 0 Å². The maximum Gasteiger partial charge on any atom is 0.416 e. The van der Waals surface area contributed by atoms with Crippen LogP contribution in [0, 0.1) is 0 Å². The number of alkyl halides is 3. The topological polar surface area (TPSA) is 130 Å². The van der Waals surface area contributed by atoms with Crippen molar-refractivity contribution in [3.8, 4) is 0 Å². The number of aromatic amines is 1. The summed E-state index contributed by atoms with van der Waals surface area (Å²) in [6.07, 6.45) is -2.70. The van der Waals surface area contributed by atoms with Gasteiger partial charge in [-0.3, -0.25) is 9.40 Å². The third-order valence-corrected chi connectivity index (χ3v) is 7.31. The molecule has 0 saturated carbocycles. The molecule has 34 heavy (non-hydrogen) atoms. The second-order valence-corrected chi connectivity index (χ2v) is 9.66. The predicted molar refractivity (Wildman–Crippen MR) is 120 cm³/mol. The molecule has 1 aliphatic rings. The molecule has 0 fully saturated rings. The molecule has 0 bridgehead atoms. The number of rotatable bonds is 4. The molecule has 0 radical (unpaired) electrons. The van der Waals surface area contributed by atoms with Crippen molar-refractivity contribution in [3.05, 3.63) is 65.9 Å². The van der Waals surface area contributed by atoms with E-state index in [1.54, 1.807) is 24.3 Å². The predicted octanol–water partition coefficient (Wildman–Crippen LogP) is 3.19. The van der Waals surface area contributed by atoms with Crippen LogP contribution in [0.3, 0.4) is 0 Å². The van der Waals surface area contributed by atoms with Crippen LogP contribution in [-0.2, 0) is 22.6 Å². The normalized spacial score (nSPS) is 16.4. The molecule has 1 aliphatic heterocycles. The molecule has 3 heterocycles. The first-order valence-electron chi connectivity index (χ1n) is 10.1. The van der Waals surface area contributed by atoms with Gasteiger partial charge in [-0.1, -0.05) is 24.3 Å². The summed E-state index contributed by atoms with van der Waals surface area (Å²) in [7, 11) is -4.31. The van der Waals surface area contributed by atoms with E-state index in [2.05, 4.69) is 25.5 Å². The van der Waals surface area contributed by atoms with Crippen molar-refractivity contribution in [3.63, 3.8) is 0 Å². The van der Waals surface area contributed by atoms with Crippen LogP contribution in [0.5, 0.6) is 0 Å². The number of aromatic nitrogens is 4. The largest absolute Gasteiger partial charge is 0.416 e. The molecule has 5 rings (SSSR count). The number of benzene rings is 2. The van der Waals surface area contributed by atoms with E-state index in [0.717, 1.165) is 22.5 Å². The Labute approximate surface area is 191 Å². The summed E-state index contributed by atoms with van der Waals surface area (Å²) >= 11 is 0. The lowest BCUT2D eigenvalue weighted by Gasteiger charge is -2.36. The Bertz CT molecular complexity index is 1490. The minimum atomic E-state index is -4.67.